The van der Waals surface area contributed by atoms with E-state index in [0.717, 1.165) is 5.56 Å². The Morgan fingerprint density at radius 2 is 1.84 bits per heavy atom. The van der Waals surface area contributed by atoms with Crippen molar-refractivity contribution in [1.82, 2.24) is 4.98 Å². The van der Waals surface area contributed by atoms with Crippen LogP contribution in [-0.4, -0.2) is 56.0 Å². The van der Waals surface area contributed by atoms with Crippen molar-refractivity contribution in [1.29, 1.82) is 0 Å². The van der Waals surface area contributed by atoms with Crippen LogP contribution >= 0.6 is 0 Å². The lowest BCUT2D eigenvalue weighted by Crippen LogP contribution is -2.68. The molecule has 0 N–H and O–H groups in total. The van der Waals surface area contributed by atoms with Gasteiger partial charge in [-0.2, -0.15) is 0 Å². The normalized spacial score (nSPS) is 20.7. The highest BCUT2D eigenvalue weighted by Crippen LogP contribution is 2.41. The van der Waals surface area contributed by atoms with Crippen LogP contribution in [0.15, 0.2) is 12.3 Å². The number of morpholine rings is 1. The molecule has 0 aliphatic carbocycles. The van der Waals surface area contributed by atoms with Crippen LogP contribution in [0.5, 0.6) is 0 Å². The lowest BCUT2D eigenvalue weighted by molar-refractivity contribution is -0.388. The Hall–Kier alpha value is -1.95. The van der Waals surface area contributed by atoms with Crippen molar-refractivity contribution < 1.29 is 14.4 Å². The first-order chi connectivity index (χ1) is 14.5. The topological polar surface area (TPSA) is 77.7 Å². The largest absolute Gasteiger partial charge is 0.387 e. The van der Waals surface area contributed by atoms with Crippen LogP contribution < -0.4 is 4.90 Å². The van der Waals surface area contributed by atoms with Crippen molar-refractivity contribution in [2.45, 2.75) is 76.7 Å². The van der Waals surface area contributed by atoms with E-state index in [0.29, 0.717) is 48.7 Å². The number of hydrogen-bond donors (Lipinski definition) is 0. The molecule has 0 saturated carbocycles. The van der Waals surface area contributed by atoms with Crippen LogP contribution in [-0.2, 0) is 9.47 Å². The second-order valence-electron chi connectivity index (χ2n) is 9.75. The van der Waals surface area contributed by atoms with Gasteiger partial charge in [-0.15, -0.1) is 5.54 Å². The number of hydrogen-bond acceptors (Lipinski definition) is 6. The molecule has 0 radical (unpaired) electrons. The molecule has 0 amide bonds. The summed E-state index contributed by atoms with van der Waals surface area (Å²) in [5.41, 5.74) is 6.09. The number of rotatable bonds is 5. The maximum Gasteiger partial charge on any atom is 0.387 e. The third-order valence-electron chi connectivity index (χ3n) is 7.26. The average molecular weight is 446 g/mol. The zero-order valence-corrected chi connectivity index (χ0v) is 20.8. The number of aromatic nitrogens is 1. The highest BCUT2D eigenvalue weighted by atomic mass is 28.3. The molecule has 2 aliphatic rings. The zero-order chi connectivity index (χ0) is 23.0. The van der Waals surface area contributed by atoms with Crippen LogP contribution in [0.4, 0.5) is 11.5 Å². The predicted molar refractivity (Wildman–Crippen MR) is 125 cm³/mol. The molecule has 1 atom stereocenters. The monoisotopic (exact) mass is 445 g/mol. The van der Waals surface area contributed by atoms with Crippen molar-refractivity contribution >= 4 is 19.6 Å². The van der Waals surface area contributed by atoms with Gasteiger partial charge in [0.1, 0.15) is 19.4 Å². The molecule has 2 saturated heterocycles. The minimum atomic E-state index is -1.91. The van der Waals surface area contributed by atoms with Crippen molar-refractivity contribution in [2.24, 2.45) is 0 Å². The molecule has 0 bridgehead atoms. The van der Waals surface area contributed by atoms with Crippen LogP contribution in [0.3, 0.4) is 0 Å². The van der Waals surface area contributed by atoms with E-state index >= 15 is 0 Å². The molecule has 1 aromatic heterocycles. The van der Waals surface area contributed by atoms with Gasteiger partial charge in [-0.1, -0.05) is 47.5 Å². The molecule has 7 nitrogen and oxygen atoms in total. The standard InChI is InChI=1S/C23H35N3O4Si/c1-16(2)31(17(3)4,18(5)6)11-8-20-12-21(22(24-13-20)26(27)28)25-9-10-30-23(19(25)7)14-29-15-23/h12-13,16-19H,9-10,14-15H2,1-7H3. The molecule has 170 valence electrons. The fourth-order valence-corrected chi connectivity index (χ4v) is 10.6. The lowest BCUT2D eigenvalue weighted by Gasteiger charge is -2.53. The van der Waals surface area contributed by atoms with Crippen molar-refractivity contribution in [2.75, 3.05) is 31.3 Å². The maximum absolute atomic E-state index is 11.7. The Balaban J connectivity index is 2.04. The lowest BCUT2D eigenvalue weighted by atomic mass is 9.90. The average Bonchev–Trinajstić information content (AvgIpc) is 2.66. The molecular weight excluding hydrogens is 410 g/mol. The molecule has 1 unspecified atom stereocenters. The van der Waals surface area contributed by atoms with Crippen molar-refractivity contribution in [3.05, 3.63) is 27.9 Å². The Labute approximate surface area is 186 Å². The van der Waals surface area contributed by atoms with Gasteiger partial charge in [0.15, 0.2) is 6.20 Å². The summed E-state index contributed by atoms with van der Waals surface area (Å²) in [6.45, 7) is 17.8. The van der Waals surface area contributed by atoms with Crippen molar-refractivity contribution in [3.8, 4) is 11.5 Å². The van der Waals surface area contributed by atoms with E-state index in [9.17, 15) is 10.1 Å². The first-order valence-corrected chi connectivity index (χ1v) is 13.4. The van der Waals surface area contributed by atoms with E-state index in [1.165, 1.54) is 0 Å². The first-order valence-electron chi connectivity index (χ1n) is 11.2. The number of nitrogens with zero attached hydrogens (tertiary/aromatic N) is 3. The van der Waals surface area contributed by atoms with Gasteiger partial charge in [0.2, 0.25) is 0 Å². The van der Waals surface area contributed by atoms with E-state index in [4.69, 9.17) is 9.47 Å². The minimum Gasteiger partial charge on any atom is -0.375 e. The van der Waals surface area contributed by atoms with Gasteiger partial charge in [-0.25, -0.2) is 0 Å². The Bertz CT molecular complexity index is 865. The molecular formula is C23H35N3O4Si. The fourth-order valence-electron chi connectivity index (χ4n) is 5.38. The van der Waals surface area contributed by atoms with Gasteiger partial charge in [0.25, 0.3) is 0 Å². The Morgan fingerprint density at radius 3 is 2.32 bits per heavy atom. The molecule has 3 heterocycles. The van der Waals surface area contributed by atoms with Gasteiger partial charge < -0.3 is 24.5 Å². The van der Waals surface area contributed by atoms with Crippen LogP contribution in [0.2, 0.25) is 16.6 Å². The van der Waals surface area contributed by atoms with E-state index in [-0.39, 0.29) is 11.9 Å². The molecule has 0 aromatic carbocycles. The van der Waals surface area contributed by atoms with Crippen molar-refractivity contribution in [3.63, 3.8) is 0 Å². The Morgan fingerprint density at radius 1 is 1.23 bits per heavy atom. The Kier molecular flexibility index (Phi) is 6.80. The fraction of sp³-hybridized carbons (Fsp3) is 0.696. The van der Waals surface area contributed by atoms with Gasteiger partial charge in [0.05, 0.1) is 31.4 Å². The van der Waals surface area contributed by atoms with Gasteiger partial charge in [-0.3, -0.25) is 0 Å². The second kappa shape index (κ2) is 8.89. The van der Waals surface area contributed by atoms with Gasteiger partial charge in [0, 0.05) is 6.54 Å². The summed E-state index contributed by atoms with van der Waals surface area (Å²) in [6.07, 6.45) is 1.54. The summed E-state index contributed by atoms with van der Waals surface area (Å²) in [7, 11) is -1.91. The third-order valence-corrected chi connectivity index (χ3v) is 13.6. The summed E-state index contributed by atoms with van der Waals surface area (Å²) in [4.78, 5) is 17.6. The van der Waals surface area contributed by atoms with E-state index in [2.05, 4.69) is 58.0 Å². The van der Waals surface area contributed by atoms with E-state index in [1.807, 2.05) is 17.9 Å². The molecule has 2 fully saturated rings. The van der Waals surface area contributed by atoms with Crippen LogP contribution in [0, 0.1) is 21.6 Å². The summed E-state index contributed by atoms with van der Waals surface area (Å²) in [5.74, 6) is 3.25. The molecule has 3 rings (SSSR count). The number of pyridine rings is 1. The van der Waals surface area contributed by atoms with E-state index in [1.54, 1.807) is 6.20 Å². The summed E-state index contributed by atoms with van der Waals surface area (Å²) < 4.78 is 11.4. The second-order valence-corrected chi connectivity index (χ2v) is 15.3. The molecule has 1 spiro atoms. The highest BCUT2D eigenvalue weighted by Gasteiger charge is 2.50. The molecule has 31 heavy (non-hydrogen) atoms. The van der Waals surface area contributed by atoms with Gasteiger partial charge >= 0.3 is 5.82 Å². The molecule has 1 aromatic rings. The minimum absolute atomic E-state index is 0.0471. The van der Waals surface area contributed by atoms with Crippen LogP contribution in [0.25, 0.3) is 0 Å². The van der Waals surface area contributed by atoms with Gasteiger partial charge in [-0.05, 0) is 39.5 Å². The first kappa shape index (κ1) is 23.7. The van der Waals surface area contributed by atoms with E-state index < -0.39 is 18.6 Å². The van der Waals surface area contributed by atoms with Crippen LogP contribution in [0.1, 0.15) is 54.0 Å². The summed E-state index contributed by atoms with van der Waals surface area (Å²) in [6, 6.07) is 1.79. The smallest absolute Gasteiger partial charge is 0.375 e. The quantitative estimate of drug-likeness (QED) is 0.286. The number of anilines is 1. The zero-order valence-electron chi connectivity index (χ0n) is 19.8. The summed E-state index contributed by atoms with van der Waals surface area (Å²) >= 11 is 0. The number of nitro groups is 1. The predicted octanol–water partition coefficient (Wildman–Crippen LogP) is 4.55. The SMILES string of the molecule is CC1N(c2cc(C#C[Si](C(C)C)(C(C)C)C(C)C)cnc2[N+](=O)[O-])CCOC12COC2. The summed E-state index contributed by atoms with van der Waals surface area (Å²) in [5, 5.41) is 11.7. The maximum atomic E-state index is 11.7. The third kappa shape index (κ3) is 4.11. The molecule has 2 aliphatic heterocycles. The highest BCUT2D eigenvalue weighted by molar-refractivity contribution is 6.90. The molecule has 8 heteroatoms. The number of ether oxygens (including phenoxy) is 2.